The summed E-state index contributed by atoms with van der Waals surface area (Å²) in [5.41, 5.74) is 1.59. The van der Waals surface area contributed by atoms with Crippen LogP contribution >= 0.6 is 11.8 Å². The molecule has 0 aliphatic rings. The van der Waals surface area contributed by atoms with Gasteiger partial charge in [0.2, 0.25) is 5.43 Å². The van der Waals surface area contributed by atoms with Crippen molar-refractivity contribution >= 4 is 22.7 Å². The summed E-state index contributed by atoms with van der Waals surface area (Å²) < 4.78 is 5.93. The molecular formula is C16H12O2S. The molecule has 0 saturated heterocycles. The molecule has 0 amide bonds. The van der Waals surface area contributed by atoms with Gasteiger partial charge in [-0.15, -0.1) is 11.8 Å². The van der Waals surface area contributed by atoms with E-state index in [1.807, 2.05) is 54.8 Å². The van der Waals surface area contributed by atoms with Gasteiger partial charge in [-0.3, -0.25) is 4.79 Å². The predicted octanol–water partition coefficient (Wildman–Crippen LogP) is 4.18. The SMILES string of the molecule is CSc1c(-c2ccccc2)oc2ccccc2c1=O. The van der Waals surface area contributed by atoms with E-state index in [2.05, 4.69) is 0 Å². The third-order valence-corrected chi connectivity index (χ3v) is 3.78. The van der Waals surface area contributed by atoms with E-state index in [1.54, 1.807) is 6.07 Å². The zero-order chi connectivity index (χ0) is 13.2. The Balaban J connectivity index is 2.39. The highest BCUT2D eigenvalue weighted by atomic mass is 32.2. The van der Waals surface area contributed by atoms with Gasteiger partial charge in [-0.2, -0.15) is 0 Å². The van der Waals surface area contributed by atoms with Crippen LogP contribution < -0.4 is 5.43 Å². The Morgan fingerprint density at radius 1 is 0.947 bits per heavy atom. The van der Waals surface area contributed by atoms with Gasteiger partial charge < -0.3 is 4.42 Å². The summed E-state index contributed by atoms with van der Waals surface area (Å²) in [6, 6.07) is 17.1. The Labute approximate surface area is 115 Å². The fraction of sp³-hybridized carbons (Fsp3) is 0.0625. The molecule has 94 valence electrons. The Kier molecular flexibility index (Phi) is 3.13. The van der Waals surface area contributed by atoms with Crippen molar-refractivity contribution in [3.63, 3.8) is 0 Å². The standard InChI is InChI=1S/C16H12O2S/c1-19-16-14(17)12-9-5-6-10-13(12)18-15(16)11-7-3-2-4-8-11/h2-10H,1H3. The molecule has 0 fully saturated rings. The molecular weight excluding hydrogens is 256 g/mol. The summed E-state index contributed by atoms with van der Waals surface area (Å²) >= 11 is 1.43. The first-order valence-corrected chi connectivity index (χ1v) is 7.19. The van der Waals surface area contributed by atoms with Gasteiger partial charge in [-0.25, -0.2) is 0 Å². The van der Waals surface area contributed by atoms with Crippen molar-refractivity contribution < 1.29 is 4.42 Å². The monoisotopic (exact) mass is 268 g/mol. The Bertz CT molecular complexity index is 776. The second kappa shape index (κ2) is 4.94. The summed E-state index contributed by atoms with van der Waals surface area (Å²) in [5, 5.41) is 0.631. The van der Waals surface area contributed by atoms with Crippen LogP contribution in [0.5, 0.6) is 0 Å². The first-order chi connectivity index (χ1) is 9.31. The van der Waals surface area contributed by atoms with Crippen LogP contribution in [0, 0.1) is 0 Å². The Morgan fingerprint density at radius 3 is 2.37 bits per heavy atom. The van der Waals surface area contributed by atoms with Gasteiger partial charge in [0.25, 0.3) is 0 Å². The zero-order valence-electron chi connectivity index (χ0n) is 10.4. The summed E-state index contributed by atoms with van der Waals surface area (Å²) in [6.45, 7) is 0. The first kappa shape index (κ1) is 12.1. The number of hydrogen-bond donors (Lipinski definition) is 0. The van der Waals surface area contributed by atoms with Crippen molar-refractivity contribution in [2.45, 2.75) is 4.90 Å². The van der Waals surface area contributed by atoms with E-state index in [9.17, 15) is 4.79 Å². The van der Waals surface area contributed by atoms with Gasteiger partial charge in [0, 0.05) is 5.56 Å². The smallest absolute Gasteiger partial charge is 0.206 e. The first-order valence-electron chi connectivity index (χ1n) is 5.96. The van der Waals surface area contributed by atoms with Crippen molar-refractivity contribution in [3.8, 4) is 11.3 Å². The molecule has 3 aromatic rings. The van der Waals surface area contributed by atoms with E-state index >= 15 is 0 Å². The zero-order valence-corrected chi connectivity index (χ0v) is 11.2. The molecule has 0 spiro atoms. The van der Waals surface area contributed by atoms with Crippen molar-refractivity contribution in [1.29, 1.82) is 0 Å². The number of rotatable bonds is 2. The lowest BCUT2D eigenvalue weighted by atomic mass is 10.1. The second-order valence-electron chi connectivity index (χ2n) is 4.16. The molecule has 1 heterocycles. The van der Waals surface area contributed by atoms with Gasteiger partial charge in [0.05, 0.1) is 10.3 Å². The second-order valence-corrected chi connectivity index (χ2v) is 4.97. The van der Waals surface area contributed by atoms with Gasteiger partial charge in [-0.05, 0) is 18.4 Å². The molecule has 0 aliphatic heterocycles. The number of hydrogen-bond acceptors (Lipinski definition) is 3. The van der Waals surface area contributed by atoms with Crippen LogP contribution in [0.2, 0.25) is 0 Å². The molecule has 0 atom stereocenters. The van der Waals surface area contributed by atoms with Crippen LogP contribution in [0.1, 0.15) is 0 Å². The summed E-state index contributed by atoms with van der Waals surface area (Å²) in [5.74, 6) is 0.650. The van der Waals surface area contributed by atoms with Crippen LogP contribution in [0.3, 0.4) is 0 Å². The summed E-state index contributed by atoms with van der Waals surface area (Å²) in [4.78, 5) is 13.1. The minimum absolute atomic E-state index is 0.0354. The average molecular weight is 268 g/mol. The molecule has 0 saturated carbocycles. The fourth-order valence-electron chi connectivity index (χ4n) is 2.09. The lowest BCUT2D eigenvalue weighted by Crippen LogP contribution is -2.05. The number of para-hydroxylation sites is 1. The maximum atomic E-state index is 12.5. The van der Waals surface area contributed by atoms with E-state index in [1.165, 1.54) is 11.8 Å². The number of fused-ring (bicyclic) bond motifs is 1. The maximum absolute atomic E-state index is 12.5. The topological polar surface area (TPSA) is 30.2 Å². The summed E-state index contributed by atoms with van der Waals surface area (Å²) in [6.07, 6.45) is 1.90. The normalized spacial score (nSPS) is 10.8. The van der Waals surface area contributed by atoms with Crippen molar-refractivity contribution in [2.75, 3.05) is 6.26 Å². The fourth-order valence-corrected chi connectivity index (χ4v) is 2.73. The van der Waals surface area contributed by atoms with E-state index in [-0.39, 0.29) is 5.43 Å². The maximum Gasteiger partial charge on any atom is 0.206 e. The lowest BCUT2D eigenvalue weighted by Gasteiger charge is -2.07. The minimum Gasteiger partial charge on any atom is -0.455 e. The average Bonchev–Trinajstić information content (AvgIpc) is 2.48. The van der Waals surface area contributed by atoms with Crippen LogP contribution in [0.15, 0.2) is 68.7 Å². The van der Waals surface area contributed by atoms with E-state index in [4.69, 9.17) is 4.42 Å². The summed E-state index contributed by atoms with van der Waals surface area (Å²) in [7, 11) is 0. The molecule has 3 heteroatoms. The highest BCUT2D eigenvalue weighted by molar-refractivity contribution is 7.98. The molecule has 0 bridgehead atoms. The van der Waals surface area contributed by atoms with Crippen LogP contribution in [-0.4, -0.2) is 6.26 Å². The molecule has 0 radical (unpaired) electrons. The molecule has 0 aliphatic carbocycles. The molecule has 2 aromatic carbocycles. The third kappa shape index (κ3) is 2.06. The van der Waals surface area contributed by atoms with Crippen molar-refractivity contribution in [2.24, 2.45) is 0 Å². The molecule has 3 rings (SSSR count). The van der Waals surface area contributed by atoms with Crippen molar-refractivity contribution in [1.82, 2.24) is 0 Å². The van der Waals surface area contributed by atoms with Crippen molar-refractivity contribution in [3.05, 3.63) is 64.8 Å². The highest BCUT2D eigenvalue weighted by Gasteiger charge is 2.14. The van der Waals surface area contributed by atoms with Crippen LogP contribution in [-0.2, 0) is 0 Å². The molecule has 2 nitrogen and oxygen atoms in total. The van der Waals surface area contributed by atoms with E-state index in [0.29, 0.717) is 21.6 Å². The van der Waals surface area contributed by atoms with Crippen LogP contribution in [0.25, 0.3) is 22.3 Å². The van der Waals surface area contributed by atoms with E-state index < -0.39 is 0 Å². The van der Waals surface area contributed by atoms with E-state index in [0.717, 1.165) is 5.56 Å². The molecule has 0 unspecified atom stereocenters. The van der Waals surface area contributed by atoms with Gasteiger partial charge in [-0.1, -0.05) is 42.5 Å². The number of benzene rings is 2. The number of thioether (sulfide) groups is 1. The third-order valence-electron chi connectivity index (χ3n) is 3.00. The van der Waals surface area contributed by atoms with Gasteiger partial charge >= 0.3 is 0 Å². The van der Waals surface area contributed by atoms with Gasteiger partial charge in [0.1, 0.15) is 5.58 Å². The highest BCUT2D eigenvalue weighted by Crippen LogP contribution is 2.30. The minimum atomic E-state index is 0.0354. The molecule has 1 aromatic heterocycles. The Hall–Kier alpha value is -2.00. The van der Waals surface area contributed by atoms with Gasteiger partial charge in [0.15, 0.2) is 5.76 Å². The quantitative estimate of drug-likeness (QED) is 0.653. The Morgan fingerprint density at radius 2 is 1.63 bits per heavy atom. The van der Waals surface area contributed by atoms with Crippen LogP contribution in [0.4, 0.5) is 0 Å². The lowest BCUT2D eigenvalue weighted by molar-refractivity contribution is 0.605. The molecule has 19 heavy (non-hydrogen) atoms. The largest absolute Gasteiger partial charge is 0.455 e. The predicted molar refractivity (Wildman–Crippen MR) is 79.7 cm³/mol. The molecule has 0 N–H and O–H groups in total.